The Bertz CT molecular complexity index is 729. The number of anilines is 1. The van der Waals surface area contributed by atoms with Crippen LogP contribution in [-0.4, -0.2) is 97.9 Å². The van der Waals surface area contributed by atoms with Crippen LogP contribution in [0.15, 0.2) is 12.3 Å². The molecule has 3 aliphatic rings. The number of nitrogens with zero attached hydrogens (tertiary/aromatic N) is 5. The number of aromatic nitrogens is 2. The normalized spacial score (nSPS) is 32.5. The number of likely N-dealkylation sites (tertiary alicyclic amines) is 1. The van der Waals surface area contributed by atoms with E-state index in [1.165, 1.54) is 0 Å². The summed E-state index contributed by atoms with van der Waals surface area (Å²) in [5.74, 6) is 1.50. The van der Waals surface area contributed by atoms with E-state index >= 15 is 0 Å². The Morgan fingerprint density at radius 3 is 2.63 bits per heavy atom. The summed E-state index contributed by atoms with van der Waals surface area (Å²) in [6, 6.07) is 1.99. The third-order valence-corrected chi connectivity index (χ3v) is 6.44. The van der Waals surface area contributed by atoms with Crippen molar-refractivity contribution in [3.05, 3.63) is 18.0 Å². The van der Waals surface area contributed by atoms with Gasteiger partial charge in [0.1, 0.15) is 0 Å². The first-order valence-electron chi connectivity index (χ1n) is 11.1. The second-order valence-corrected chi connectivity index (χ2v) is 9.34. The van der Waals surface area contributed by atoms with Crippen molar-refractivity contribution in [1.29, 1.82) is 0 Å². The molecule has 0 unspecified atom stereocenters. The van der Waals surface area contributed by atoms with E-state index in [-0.39, 0.29) is 30.0 Å². The lowest BCUT2D eigenvalue weighted by Gasteiger charge is -2.35. The second-order valence-electron chi connectivity index (χ2n) is 9.34. The van der Waals surface area contributed by atoms with Gasteiger partial charge in [0.15, 0.2) is 0 Å². The summed E-state index contributed by atoms with van der Waals surface area (Å²) in [5, 5.41) is 0. The molecule has 1 amide bonds. The molecule has 1 aromatic heterocycles. The molecular formula is C22H35N5O3. The average Bonchev–Trinajstić information content (AvgIpc) is 3.37. The Balaban J connectivity index is 1.54. The maximum absolute atomic E-state index is 13.0. The predicted molar refractivity (Wildman–Crippen MR) is 115 cm³/mol. The highest BCUT2D eigenvalue weighted by Crippen LogP contribution is 2.34. The first kappa shape index (κ1) is 21.5. The molecule has 3 saturated heterocycles. The maximum atomic E-state index is 13.0. The summed E-state index contributed by atoms with van der Waals surface area (Å²) in [4.78, 5) is 28.8. The van der Waals surface area contributed by atoms with E-state index < -0.39 is 0 Å². The number of morpholine rings is 1. The van der Waals surface area contributed by atoms with Crippen LogP contribution < -0.4 is 4.90 Å². The molecular weight excluding hydrogens is 382 g/mol. The molecule has 0 radical (unpaired) electrons. The standard InChI is InChI=1S/C22H35N5O3/c1-15-9-27(10-16(2)30-15)22-23-7-5-20(24-22)18-12-26(11-17-6-8-29-14-17)13-19(18)21(28)25(3)4/h5,7,15-19H,6,8-14H2,1-4H3/t15-,16-,17+,18-,19-/m1/s1. The maximum Gasteiger partial charge on any atom is 0.227 e. The van der Waals surface area contributed by atoms with Gasteiger partial charge < -0.3 is 24.2 Å². The van der Waals surface area contributed by atoms with Gasteiger partial charge in [-0.15, -0.1) is 0 Å². The Morgan fingerprint density at radius 2 is 1.97 bits per heavy atom. The quantitative estimate of drug-likeness (QED) is 0.714. The lowest BCUT2D eigenvalue weighted by atomic mass is 9.91. The molecule has 3 aliphatic heterocycles. The molecule has 3 fully saturated rings. The zero-order chi connectivity index (χ0) is 21.3. The Labute approximate surface area is 179 Å². The highest BCUT2D eigenvalue weighted by atomic mass is 16.5. The molecule has 0 spiro atoms. The van der Waals surface area contributed by atoms with Gasteiger partial charge in [-0.25, -0.2) is 9.97 Å². The average molecular weight is 418 g/mol. The van der Waals surface area contributed by atoms with Crippen molar-refractivity contribution in [3.8, 4) is 0 Å². The zero-order valence-corrected chi connectivity index (χ0v) is 18.7. The number of carbonyl (C=O) groups excluding carboxylic acids is 1. The van der Waals surface area contributed by atoms with Gasteiger partial charge in [0.25, 0.3) is 0 Å². The molecule has 4 heterocycles. The van der Waals surface area contributed by atoms with E-state index in [2.05, 4.69) is 28.6 Å². The van der Waals surface area contributed by atoms with Crippen molar-refractivity contribution in [3.63, 3.8) is 0 Å². The van der Waals surface area contributed by atoms with Crippen molar-refractivity contribution in [2.75, 3.05) is 64.9 Å². The number of rotatable bonds is 5. The Hall–Kier alpha value is -1.77. The van der Waals surface area contributed by atoms with Crippen molar-refractivity contribution in [2.24, 2.45) is 11.8 Å². The molecule has 0 aliphatic carbocycles. The van der Waals surface area contributed by atoms with E-state index in [1.54, 1.807) is 4.90 Å². The van der Waals surface area contributed by atoms with Crippen LogP contribution in [0.3, 0.4) is 0 Å². The summed E-state index contributed by atoms with van der Waals surface area (Å²) < 4.78 is 11.4. The van der Waals surface area contributed by atoms with Crippen molar-refractivity contribution in [2.45, 2.75) is 38.4 Å². The first-order chi connectivity index (χ1) is 14.4. The molecule has 8 heteroatoms. The molecule has 0 bridgehead atoms. The molecule has 4 rings (SSSR count). The number of ether oxygens (including phenoxy) is 2. The summed E-state index contributed by atoms with van der Waals surface area (Å²) in [5.41, 5.74) is 0.970. The lowest BCUT2D eigenvalue weighted by Crippen LogP contribution is -2.46. The highest BCUT2D eigenvalue weighted by Gasteiger charge is 2.41. The van der Waals surface area contributed by atoms with Crippen molar-refractivity contribution >= 4 is 11.9 Å². The molecule has 166 valence electrons. The van der Waals surface area contributed by atoms with Gasteiger partial charge in [0, 0.05) is 65.5 Å². The smallest absolute Gasteiger partial charge is 0.227 e. The summed E-state index contributed by atoms with van der Waals surface area (Å²) in [7, 11) is 3.68. The monoisotopic (exact) mass is 417 g/mol. The zero-order valence-electron chi connectivity index (χ0n) is 18.7. The van der Waals surface area contributed by atoms with Crippen LogP contribution in [0.2, 0.25) is 0 Å². The van der Waals surface area contributed by atoms with Gasteiger partial charge in [-0.2, -0.15) is 0 Å². The predicted octanol–water partition coefficient (Wildman–Crippen LogP) is 1.23. The van der Waals surface area contributed by atoms with Crippen LogP contribution in [0.4, 0.5) is 5.95 Å². The third kappa shape index (κ3) is 4.76. The topological polar surface area (TPSA) is 71.0 Å². The number of hydrogen-bond donors (Lipinski definition) is 0. The molecule has 0 N–H and O–H groups in total. The lowest BCUT2D eigenvalue weighted by molar-refractivity contribution is -0.133. The van der Waals surface area contributed by atoms with Gasteiger partial charge in [-0.1, -0.05) is 0 Å². The van der Waals surface area contributed by atoms with E-state index in [0.29, 0.717) is 5.92 Å². The van der Waals surface area contributed by atoms with Crippen molar-refractivity contribution in [1.82, 2.24) is 19.8 Å². The minimum Gasteiger partial charge on any atom is -0.381 e. The van der Waals surface area contributed by atoms with Crippen LogP contribution in [0.25, 0.3) is 0 Å². The number of carbonyl (C=O) groups is 1. The second kappa shape index (κ2) is 9.16. The largest absolute Gasteiger partial charge is 0.381 e. The molecule has 5 atom stereocenters. The summed E-state index contributed by atoms with van der Waals surface area (Å²) >= 11 is 0. The van der Waals surface area contributed by atoms with Crippen LogP contribution in [-0.2, 0) is 14.3 Å². The molecule has 8 nitrogen and oxygen atoms in total. The highest BCUT2D eigenvalue weighted by molar-refractivity contribution is 5.80. The van der Waals surface area contributed by atoms with Crippen LogP contribution >= 0.6 is 0 Å². The SMILES string of the molecule is C[C@@H]1CN(c2nccc([C@@H]3CN(C[C@@H]4CCOC4)C[C@H]3C(=O)N(C)C)n2)C[C@@H](C)O1. The van der Waals surface area contributed by atoms with Crippen molar-refractivity contribution < 1.29 is 14.3 Å². The molecule has 0 aromatic carbocycles. The fourth-order valence-corrected chi connectivity index (χ4v) is 5.07. The number of amides is 1. The molecule has 1 aromatic rings. The van der Waals surface area contributed by atoms with Crippen LogP contribution in [0.1, 0.15) is 31.9 Å². The third-order valence-electron chi connectivity index (χ3n) is 6.44. The Kier molecular flexibility index (Phi) is 6.55. The number of hydrogen-bond acceptors (Lipinski definition) is 7. The van der Waals surface area contributed by atoms with E-state index in [0.717, 1.165) is 64.0 Å². The Morgan fingerprint density at radius 1 is 1.20 bits per heavy atom. The van der Waals surface area contributed by atoms with E-state index in [4.69, 9.17) is 14.5 Å². The van der Waals surface area contributed by atoms with E-state index in [9.17, 15) is 4.79 Å². The van der Waals surface area contributed by atoms with Crippen LogP contribution in [0, 0.1) is 11.8 Å². The van der Waals surface area contributed by atoms with Gasteiger partial charge >= 0.3 is 0 Å². The summed E-state index contributed by atoms with van der Waals surface area (Å²) in [6.07, 6.45) is 3.25. The minimum atomic E-state index is -0.0763. The van der Waals surface area contributed by atoms with E-state index in [1.807, 2.05) is 26.4 Å². The summed E-state index contributed by atoms with van der Waals surface area (Å²) in [6.45, 7) is 10.0. The van der Waals surface area contributed by atoms with Gasteiger partial charge in [0.05, 0.1) is 30.4 Å². The van der Waals surface area contributed by atoms with Gasteiger partial charge in [-0.3, -0.25) is 4.79 Å². The fraction of sp³-hybridized carbons (Fsp3) is 0.773. The van der Waals surface area contributed by atoms with Gasteiger partial charge in [0.2, 0.25) is 11.9 Å². The van der Waals surface area contributed by atoms with Crippen LogP contribution in [0.5, 0.6) is 0 Å². The molecule has 0 saturated carbocycles. The molecule has 30 heavy (non-hydrogen) atoms. The first-order valence-corrected chi connectivity index (χ1v) is 11.1. The van der Waals surface area contributed by atoms with Gasteiger partial charge in [-0.05, 0) is 32.3 Å². The fourth-order valence-electron chi connectivity index (χ4n) is 5.07. The minimum absolute atomic E-state index is 0.0763.